The van der Waals surface area contributed by atoms with Crippen LogP contribution in [0.25, 0.3) is 0 Å². The van der Waals surface area contributed by atoms with Gasteiger partial charge in [-0.2, -0.15) is 11.8 Å². The molecule has 1 aromatic rings. The van der Waals surface area contributed by atoms with Gasteiger partial charge >= 0.3 is 0 Å². The van der Waals surface area contributed by atoms with Gasteiger partial charge in [0.15, 0.2) is 0 Å². The van der Waals surface area contributed by atoms with Crippen molar-refractivity contribution >= 4 is 11.8 Å². The van der Waals surface area contributed by atoms with Crippen molar-refractivity contribution in [3.05, 3.63) is 23.8 Å². The lowest BCUT2D eigenvalue weighted by atomic mass is 10.0. The molecule has 0 aliphatic rings. The fourth-order valence-electron chi connectivity index (χ4n) is 1.27. The Hall–Kier alpha value is -0.830. The summed E-state index contributed by atoms with van der Waals surface area (Å²) in [6.45, 7) is 4.37. The first kappa shape index (κ1) is 12.2. The Morgan fingerprint density at radius 1 is 1.00 bits per heavy atom. The molecule has 0 radical (unpaired) electrons. The molecule has 0 N–H and O–H groups in total. The monoisotopic (exact) mass is 226 g/mol. The summed E-state index contributed by atoms with van der Waals surface area (Å²) in [5.41, 5.74) is 1.21. The molecule has 0 spiro atoms. The lowest BCUT2D eigenvalue weighted by Crippen LogP contribution is -2.11. The van der Waals surface area contributed by atoms with Crippen LogP contribution in [0.15, 0.2) is 18.2 Å². The van der Waals surface area contributed by atoms with Crippen LogP contribution in [-0.2, 0) is 4.75 Å². The van der Waals surface area contributed by atoms with Crippen LogP contribution in [0.1, 0.15) is 19.4 Å². The van der Waals surface area contributed by atoms with E-state index in [1.54, 1.807) is 14.2 Å². The fraction of sp³-hybridized carbons (Fsp3) is 0.500. The van der Waals surface area contributed by atoms with Crippen molar-refractivity contribution in [2.75, 3.05) is 20.5 Å². The van der Waals surface area contributed by atoms with Crippen LogP contribution in [0.2, 0.25) is 0 Å². The van der Waals surface area contributed by atoms with Crippen molar-refractivity contribution in [2.45, 2.75) is 18.6 Å². The summed E-state index contributed by atoms with van der Waals surface area (Å²) in [6.07, 6.45) is 2.10. The van der Waals surface area contributed by atoms with Gasteiger partial charge in [-0.1, -0.05) is 0 Å². The minimum atomic E-state index is 0.0713. The van der Waals surface area contributed by atoms with E-state index >= 15 is 0 Å². The van der Waals surface area contributed by atoms with Crippen LogP contribution in [0, 0.1) is 0 Å². The number of ether oxygens (including phenoxy) is 2. The zero-order chi connectivity index (χ0) is 11.5. The highest BCUT2D eigenvalue weighted by Crippen LogP contribution is 2.37. The van der Waals surface area contributed by atoms with E-state index in [0.717, 1.165) is 11.5 Å². The quantitative estimate of drug-likeness (QED) is 0.785. The molecule has 3 heteroatoms. The Kier molecular flexibility index (Phi) is 3.91. The summed E-state index contributed by atoms with van der Waals surface area (Å²) in [5.74, 6) is 1.68. The van der Waals surface area contributed by atoms with E-state index in [4.69, 9.17) is 9.47 Å². The predicted molar refractivity (Wildman–Crippen MR) is 66.1 cm³/mol. The molecule has 0 unspecified atom stereocenters. The Labute approximate surface area is 96.0 Å². The average Bonchev–Trinajstić information content (AvgIpc) is 2.28. The minimum Gasteiger partial charge on any atom is -0.497 e. The highest BCUT2D eigenvalue weighted by Gasteiger charge is 2.20. The van der Waals surface area contributed by atoms with E-state index < -0.39 is 0 Å². The van der Waals surface area contributed by atoms with E-state index in [-0.39, 0.29) is 4.75 Å². The molecular weight excluding hydrogens is 208 g/mol. The van der Waals surface area contributed by atoms with Gasteiger partial charge in [-0.15, -0.1) is 0 Å². The maximum Gasteiger partial charge on any atom is 0.122 e. The summed E-state index contributed by atoms with van der Waals surface area (Å²) in [5, 5.41) is 0. The maximum atomic E-state index is 5.25. The third kappa shape index (κ3) is 2.81. The van der Waals surface area contributed by atoms with Gasteiger partial charge in [0, 0.05) is 10.8 Å². The minimum absolute atomic E-state index is 0.0713. The van der Waals surface area contributed by atoms with E-state index in [2.05, 4.69) is 32.2 Å². The first-order chi connectivity index (χ1) is 7.03. The number of hydrogen-bond acceptors (Lipinski definition) is 3. The van der Waals surface area contributed by atoms with E-state index in [1.165, 1.54) is 5.56 Å². The number of benzene rings is 1. The molecule has 2 nitrogen and oxygen atoms in total. The first-order valence-electron chi connectivity index (χ1n) is 4.82. The van der Waals surface area contributed by atoms with Crippen LogP contribution < -0.4 is 9.47 Å². The van der Waals surface area contributed by atoms with Crippen LogP contribution in [-0.4, -0.2) is 20.5 Å². The molecule has 0 bridgehead atoms. The molecule has 84 valence electrons. The Morgan fingerprint density at radius 3 is 1.80 bits per heavy atom. The second-order valence-electron chi connectivity index (χ2n) is 3.82. The van der Waals surface area contributed by atoms with Gasteiger partial charge < -0.3 is 9.47 Å². The molecule has 0 aliphatic heterocycles. The van der Waals surface area contributed by atoms with E-state index in [9.17, 15) is 0 Å². The van der Waals surface area contributed by atoms with Crippen molar-refractivity contribution in [1.82, 2.24) is 0 Å². The molecule has 0 atom stereocenters. The van der Waals surface area contributed by atoms with Crippen LogP contribution in [0.3, 0.4) is 0 Å². The largest absolute Gasteiger partial charge is 0.497 e. The van der Waals surface area contributed by atoms with Gasteiger partial charge in [0.05, 0.1) is 14.2 Å². The summed E-state index contributed by atoms with van der Waals surface area (Å²) >= 11 is 1.81. The predicted octanol–water partition coefficient (Wildman–Crippen LogP) is 3.30. The van der Waals surface area contributed by atoms with Crippen molar-refractivity contribution in [3.8, 4) is 11.5 Å². The average molecular weight is 226 g/mol. The van der Waals surface area contributed by atoms with Crippen molar-refractivity contribution in [1.29, 1.82) is 0 Å². The fourth-order valence-corrected chi connectivity index (χ4v) is 1.63. The van der Waals surface area contributed by atoms with Crippen molar-refractivity contribution in [3.63, 3.8) is 0 Å². The van der Waals surface area contributed by atoms with Crippen molar-refractivity contribution in [2.24, 2.45) is 0 Å². The number of methoxy groups -OCH3 is 2. The van der Waals surface area contributed by atoms with Gasteiger partial charge in [0.25, 0.3) is 0 Å². The Bertz CT molecular complexity index is 312. The van der Waals surface area contributed by atoms with E-state index in [1.807, 2.05) is 17.8 Å². The topological polar surface area (TPSA) is 18.5 Å². The van der Waals surface area contributed by atoms with Gasteiger partial charge in [-0.05, 0) is 37.8 Å². The second-order valence-corrected chi connectivity index (χ2v) is 5.24. The molecule has 0 aliphatic carbocycles. The smallest absolute Gasteiger partial charge is 0.122 e. The number of rotatable bonds is 4. The Balaban J connectivity index is 3.18. The zero-order valence-electron chi connectivity index (χ0n) is 9.96. The third-order valence-electron chi connectivity index (χ3n) is 2.56. The van der Waals surface area contributed by atoms with E-state index in [0.29, 0.717) is 0 Å². The highest BCUT2D eigenvalue weighted by atomic mass is 32.2. The van der Waals surface area contributed by atoms with Crippen molar-refractivity contribution < 1.29 is 9.47 Å². The van der Waals surface area contributed by atoms with Crippen LogP contribution in [0.5, 0.6) is 11.5 Å². The molecule has 0 saturated heterocycles. The van der Waals surface area contributed by atoms with Gasteiger partial charge in [0.2, 0.25) is 0 Å². The molecule has 15 heavy (non-hydrogen) atoms. The van der Waals surface area contributed by atoms with Gasteiger partial charge in [-0.3, -0.25) is 0 Å². The summed E-state index contributed by atoms with van der Waals surface area (Å²) in [6, 6.07) is 6.00. The van der Waals surface area contributed by atoms with Crippen LogP contribution in [0.4, 0.5) is 0 Å². The second kappa shape index (κ2) is 4.79. The lowest BCUT2D eigenvalue weighted by Gasteiger charge is -2.23. The molecule has 1 aromatic carbocycles. The lowest BCUT2D eigenvalue weighted by molar-refractivity contribution is 0.392. The van der Waals surface area contributed by atoms with Gasteiger partial charge in [0.1, 0.15) is 11.5 Å². The maximum absolute atomic E-state index is 5.25. The third-order valence-corrected chi connectivity index (χ3v) is 3.81. The molecule has 0 saturated carbocycles. The molecular formula is C12H18O2S. The molecule has 0 fully saturated rings. The standard InChI is InChI=1S/C12H18O2S/c1-12(2,15-5)9-6-10(13-3)8-11(7-9)14-4/h6-8H,1-5H3. The summed E-state index contributed by atoms with van der Waals surface area (Å²) in [4.78, 5) is 0. The summed E-state index contributed by atoms with van der Waals surface area (Å²) in [7, 11) is 3.34. The molecule has 0 heterocycles. The molecule has 0 amide bonds. The SMILES string of the molecule is COc1cc(OC)cc(C(C)(C)SC)c1. The molecule has 0 aromatic heterocycles. The normalized spacial score (nSPS) is 11.3. The first-order valence-corrected chi connectivity index (χ1v) is 6.04. The number of thioether (sulfide) groups is 1. The highest BCUT2D eigenvalue weighted by molar-refractivity contribution is 7.99. The summed E-state index contributed by atoms with van der Waals surface area (Å²) < 4.78 is 10.6. The van der Waals surface area contributed by atoms with Gasteiger partial charge in [-0.25, -0.2) is 0 Å². The Morgan fingerprint density at radius 2 is 1.47 bits per heavy atom. The zero-order valence-corrected chi connectivity index (χ0v) is 10.8. The molecule has 1 rings (SSSR count). The number of hydrogen-bond donors (Lipinski definition) is 0. The van der Waals surface area contributed by atoms with Crippen LogP contribution >= 0.6 is 11.8 Å².